The van der Waals surface area contributed by atoms with Gasteiger partial charge in [0.2, 0.25) is 5.91 Å². The Morgan fingerprint density at radius 2 is 2.22 bits per heavy atom. The monoisotopic (exact) mass is 253 g/mol. The highest BCUT2D eigenvalue weighted by Crippen LogP contribution is 2.19. The molecule has 4 nitrogen and oxygen atoms in total. The minimum absolute atomic E-state index is 0.329. The lowest BCUT2D eigenvalue weighted by atomic mass is 10.0. The maximum absolute atomic E-state index is 12.1. The van der Waals surface area contributed by atoms with Crippen LogP contribution in [-0.4, -0.2) is 62.5 Å². The summed E-state index contributed by atoms with van der Waals surface area (Å²) in [7, 11) is 4.14. The summed E-state index contributed by atoms with van der Waals surface area (Å²) in [6, 6.07) is 0. The van der Waals surface area contributed by atoms with Crippen LogP contribution in [0.15, 0.2) is 0 Å². The predicted molar refractivity (Wildman–Crippen MR) is 73.5 cm³/mol. The summed E-state index contributed by atoms with van der Waals surface area (Å²) in [5, 5.41) is 3.32. The maximum atomic E-state index is 12.1. The molecule has 4 heteroatoms. The van der Waals surface area contributed by atoms with Gasteiger partial charge in [-0.2, -0.15) is 0 Å². The number of carbonyl (C=O) groups excluding carboxylic acids is 1. The molecule has 2 aliphatic heterocycles. The minimum Gasteiger partial charge on any atom is -0.346 e. The Morgan fingerprint density at radius 1 is 1.39 bits per heavy atom. The van der Waals surface area contributed by atoms with Gasteiger partial charge in [0.05, 0.1) is 0 Å². The van der Waals surface area contributed by atoms with E-state index in [1.54, 1.807) is 0 Å². The second-order valence-electron chi connectivity index (χ2n) is 6.08. The Kier molecular flexibility index (Phi) is 5.01. The predicted octanol–water partition coefficient (Wildman–Crippen LogP) is 0.786. The van der Waals surface area contributed by atoms with E-state index < -0.39 is 0 Å². The van der Waals surface area contributed by atoms with Crippen molar-refractivity contribution in [1.29, 1.82) is 0 Å². The zero-order valence-corrected chi connectivity index (χ0v) is 11.8. The Morgan fingerprint density at radius 3 is 2.83 bits per heavy atom. The molecule has 1 amide bonds. The third kappa shape index (κ3) is 3.95. The Balaban J connectivity index is 1.63. The van der Waals surface area contributed by atoms with E-state index in [1.165, 1.54) is 19.5 Å². The van der Waals surface area contributed by atoms with E-state index in [0.717, 1.165) is 44.8 Å². The molecular formula is C14H27N3O. The van der Waals surface area contributed by atoms with Crippen molar-refractivity contribution in [2.24, 2.45) is 11.8 Å². The summed E-state index contributed by atoms with van der Waals surface area (Å²) in [5.74, 6) is 1.69. The second-order valence-corrected chi connectivity index (χ2v) is 6.08. The van der Waals surface area contributed by atoms with Crippen molar-refractivity contribution in [3.63, 3.8) is 0 Å². The number of carbonyl (C=O) groups is 1. The molecule has 0 aliphatic carbocycles. The zero-order chi connectivity index (χ0) is 13.0. The van der Waals surface area contributed by atoms with Crippen molar-refractivity contribution < 1.29 is 4.79 Å². The van der Waals surface area contributed by atoms with Gasteiger partial charge in [0, 0.05) is 26.6 Å². The molecule has 2 unspecified atom stereocenters. The van der Waals surface area contributed by atoms with Crippen LogP contribution in [-0.2, 0) is 4.79 Å². The molecule has 0 aromatic carbocycles. The Hall–Kier alpha value is -0.610. The van der Waals surface area contributed by atoms with Gasteiger partial charge in [-0.05, 0) is 57.8 Å². The minimum atomic E-state index is 0.329. The third-order valence-corrected chi connectivity index (χ3v) is 4.41. The first-order valence-corrected chi connectivity index (χ1v) is 7.28. The van der Waals surface area contributed by atoms with Crippen molar-refractivity contribution in [3.8, 4) is 0 Å². The molecule has 2 heterocycles. The summed E-state index contributed by atoms with van der Waals surface area (Å²) < 4.78 is 0. The molecule has 0 aromatic rings. The van der Waals surface area contributed by atoms with E-state index in [0.29, 0.717) is 11.8 Å². The van der Waals surface area contributed by atoms with Crippen molar-refractivity contribution in [2.75, 3.05) is 46.8 Å². The molecule has 2 fully saturated rings. The van der Waals surface area contributed by atoms with Gasteiger partial charge < -0.3 is 15.1 Å². The van der Waals surface area contributed by atoms with Crippen LogP contribution in [0.3, 0.4) is 0 Å². The van der Waals surface area contributed by atoms with Crippen molar-refractivity contribution in [3.05, 3.63) is 0 Å². The SMILES string of the molecule is CN1CCC(CCN(C)C(=O)CC2CCNC2)C1. The van der Waals surface area contributed by atoms with Gasteiger partial charge in [0.1, 0.15) is 0 Å². The van der Waals surface area contributed by atoms with E-state index >= 15 is 0 Å². The molecule has 1 N–H and O–H groups in total. The first-order chi connectivity index (χ1) is 8.65. The summed E-state index contributed by atoms with van der Waals surface area (Å²) in [6.07, 6.45) is 4.35. The van der Waals surface area contributed by atoms with Crippen LogP contribution in [0.25, 0.3) is 0 Å². The maximum Gasteiger partial charge on any atom is 0.222 e. The first kappa shape index (κ1) is 13.8. The average Bonchev–Trinajstić information content (AvgIpc) is 2.97. The van der Waals surface area contributed by atoms with Crippen LogP contribution < -0.4 is 5.32 Å². The van der Waals surface area contributed by atoms with Crippen molar-refractivity contribution in [2.45, 2.75) is 25.7 Å². The molecule has 2 saturated heterocycles. The molecule has 0 saturated carbocycles. The average molecular weight is 253 g/mol. The molecule has 18 heavy (non-hydrogen) atoms. The number of nitrogens with zero attached hydrogens (tertiary/aromatic N) is 2. The molecule has 0 bridgehead atoms. The zero-order valence-electron chi connectivity index (χ0n) is 11.8. The topological polar surface area (TPSA) is 35.6 Å². The van der Waals surface area contributed by atoms with Crippen LogP contribution in [0.2, 0.25) is 0 Å². The van der Waals surface area contributed by atoms with Gasteiger partial charge in [0.15, 0.2) is 0 Å². The van der Waals surface area contributed by atoms with Crippen LogP contribution in [0.4, 0.5) is 0 Å². The van der Waals surface area contributed by atoms with Crippen LogP contribution in [0.1, 0.15) is 25.7 Å². The highest BCUT2D eigenvalue weighted by atomic mass is 16.2. The largest absolute Gasteiger partial charge is 0.346 e. The van der Waals surface area contributed by atoms with Gasteiger partial charge in [0.25, 0.3) is 0 Å². The van der Waals surface area contributed by atoms with Crippen LogP contribution in [0.5, 0.6) is 0 Å². The smallest absolute Gasteiger partial charge is 0.222 e. The fraction of sp³-hybridized carbons (Fsp3) is 0.929. The van der Waals surface area contributed by atoms with Crippen LogP contribution in [0, 0.1) is 11.8 Å². The van der Waals surface area contributed by atoms with Crippen molar-refractivity contribution in [1.82, 2.24) is 15.1 Å². The van der Waals surface area contributed by atoms with Gasteiger partial charge in [-0.3, -0.25) is 4.79 Å². The van der Waals surface area contributed by atoms with Crippen molar-refractivity contribution >= 4 is 5.91 Å². The first-order valence-electron chi connectivity index (χ1n) is 7.28. The lowest BCUT2D eigenvalue weighted by Gasteiger charge is -2.21. The fourth-order valence-corrected chi connectivity index (χ4v) is 3.05. The quantitative estimate of drug-likeness (QED) is 0.787. The number of amides is 1. The number of likely N-dealkylation sites (tertiary alicyclic amines) is 1. The van der Waals surface area contributed by atoms with Gasteiger partial charge in [-0.25, -0.2) is 0 Å². The lowest BCUT2D eigenvalue weighted by molar-refractivity contribution is -0.130. The summed E-state index contributed by atoms with van der Waals surface area (Å²) in [4.78, 5) is 16.4. The molecule has 2 aliphatic rings. The molecule has 0 spiro atoms. The normalized spacial score (nSPS) is 28.8. The third-order valence-electron chi connectivity index (χ3n) is 4.41. The van der Waals surface area contributed by atoms with E-state index in [1.807, 2.05) is 11.9 Å². The van der Waals surface area contributed by atoms with Crippen LogP contribution >= 0.6 is 0 Å². The summed E-state index contributed by atoms with van der Waals surface area (Å²) >= 11 is 0. The highest BCUT2D eigenvalue weighted by Gasteiger charge is 2.22. The van der Waals surface area contributed by atoms with Gasteiger partial charge >= 0.3 is 0 Å². The number of nitrogens with one attached hydrogen (secondary N) is 1. The Labute approximate surface area is 111 Å². The summed E-state index contributed by atoms with van der Waals surface area (Å²) in [5.41, 5.74) is 0. The van der Waals surface area contributed by atoms with E-state index in [-0.39, 0.29) is 0 Å². The standard InChI is InChI=1S/C14H27N3O/c1-16-7-4-12(11-16)5-8-17(2)14(18)9-13-3-6-15-10-13/h12-13,15H,3-11H2,1-2H3. The molecule has 0 aromatic heterocycles. The number of hydrogen-bond acceptors (Lipinski definition) is 3. The van der Waals surface area contributed by atoms with E-state index in [9.17, 15) is 4.79 Å². The van der Waals surface area contributed by atoms with Gasteiger partial charge in [-0.1, -0.05) is 0 Å². The number of rotatable bonds is 5. The molecule has 104 valence electrons. The van der Waals surface area contributed by atoms with E-state index in [2.05, 4.69) is 17.3 Å². The Bertz CT molecular complexity index is 276. The van der Waals surface area contributed by atoms with Gasteiger partial charge in [-0.15, -0.1) is 0 Å². The molecule has 0 radical (unpaired) electrons. The molecular weight excluding hydrogens is 226 g/mol. The number of hydrogen-bond donors (Lipinski definition) is 1. The van der Waals surface area contributed by atoms with E-state index in [4.69, 9.17) is 0 Å². The lowest BCUT2D eigenvalue weighted by Crippen LogP contribution is -2.31. The molecule has 2 rings (SSSR count). The fourth-order valence-electron chi connectivity index (χ4n) is 3.05. The highest BCUT2D eigenvalue weighted by molar-refractivity contribution is 5.76. The summed E-state index contributed by atoms with van der Waals surface area (Å²) in [6.45, 7) is 5.45. The molecule has 2 atom stereocenters. The second kappa shape index (κ2) is 6.53.